The fourth-order valence-corrected chi connectivity index (χ4v) is 4.15. The van der Waals surface area contributed by atoms with Crippen molar-refractivity contribution < 1.29 is 26.3 Å². The fraction of sp³-hybridized carbons (Fsp3) is 0.250. The van der Waals surface area contributed by atoms with Gasteiger partial charge in [0, 0.05) is 0 Å². The number of benzene rings is 1. The van der Waals surface area contributed by atoms with Gasteiger partial charge in [0.25, 0.3) is 0 Å². The molecule has 0 N–H and O–H groups in total. The van der Waals surface area contributed by atoms with Crippen molar-refractivity contribution in [2.45, 2.75) is 8.37 Å². The summed E-state index contributed by atoms with van der Waals surface area (Å²) in [5, 5.41) is 0. The normalized spacial score (nSPS) is 13.9. The summed E-state index contributed by atoms with van der Waals surface area (Å²) in [5.41, 5.74) is 0. The summed E-state index contributed by atoms with van der Waals surface area (Å²) in [6, 6.07) is 5.50. The molecule has 0 aliphatic rings. The molecule has 1 aromatic carbocycles. The molecule has 0 amide bonds. The van der Waals surface area contributed by atoms with Crippen LogP contribution in [0.3, 0.4) is 0 Å². The Morgan fingerprint density at radius 3 is 1.47 bits per heavy atom. The van der Waals surface area contributed by atoms with E-state index in [1.165, 1.54) is 18.2 Å². The summed E-state index contributed by atoms with van der Waals surface area (Å²) in [6.45, 7) is 0. The average molecular weight is 342 g/mol. The molecule has 0 spiro atoms. The molecule has 0 unspecified atom stereocenters. The summed E-state index contributed by atoms with van der Waals surface area (Å²) >= 11 is -5.17. The molecule has 7 heteroatoms. The van der Waals surface area contributed by atoms with Gasteiger partial charge in [-0.3, -0.25) is 0 Å². The second-order valence-electron chi connectivity index (χ2n) is 2.44. The second-order valence-corrected chi connectivity index (χ2v) is 7.75. The first-order chi connectivity index (χ1) is 6.73. The van der Waals surface area contributed by atoms with E-state index in [-0.39, 0.29) is 0 Å². The van der Waals surface area contributed by atoms with Crippen LogP contribution in [-0.2, 0) is 0 Å². The molecule has 0 nitrogen and oxygen atoms in total. The summed E-state index contributed by atoms with van der Waals surface area (Å²) in [7, 11) is 0. The van der Waals surface area contributed by atoms with E-state index < -0.39 is 31.8 Å². The van der Waals surface area contributed by atoms with Gasteiger partial charge in [-0.1, -0.05) is 0 Å². The molecule has 1 aromatic rings. The molecule has 0 heterocycles. The van der Waals surface area contributed by atoms with Crippen LogP contribution in [0, 0.1) is 3.57 Å². The maximum atomic E-state index is 12.3. The molecular weight excluding hydrogens is 337 g/mol. The van der Waals surface area contributed by atoms with Gasteiger partial charge in [-0.2, -0.15) is 0 Å². The SMILES string of the molecule is FC(F)(F)I(c1ccccc1)C(F)(F)F. The zero-order valence-corrected chi connectivity index (χ0v) is 9.19. The summed E-state index contributed by atoms with van der Waals surface area (Å²) in [6.07, 6.45) is 0. The van der Waals surface area contributed by atoms with E-state index in [9.17, 15) is 26.3 Å². The minimum absolute atomic E-state index is 0.637. The Bertz CT molecular complexity index is 300. The van der Waals surface area contributed by atoms with Crippen LogP contribution in [0.15, 0.2) is 30.3 Å². The summed E-state index contributed by atoms with van der Waals surface area (Å²) in [5.74, 6) is 0. The van der Waals surface area contributed by atoms with Crippen molar-refractivity contribution in [2.24, 2.45) is 0 Å². The van der Waals surface area contributed by atoms with Crippen LogP contribution in [0.5, 0.6) is 0 Å². The van der Waals surface area contributed by atoms with Gasteiger partial charge >= 0.3 is 88.4 Å². The Kier molecular flexibility index (Phi) is 3.51. The van der Waals surface area contributed by atoms with Crippen molar-refractivity contribution in [3.63, 3.8) is 0 Å². The molecule has 86 valence electrons. The van der Waals surface area contributed by atoms with Gasteiger partial charge in [-0.05, 0) is 0 Å². The Hall–Kier alpha value is -0.470. The average Bonchev–Trinajstić information content (AvgIpc) is 2.00. The molecule has 15 heavy (non-hydrogen) atoms. The van der Waals surface area contributed by atoms with Crippen LogP contribution in [0.1, 0.15) is 0 Å². The van der Waals surface area contributed by atoms with Crippen LogP contribution in [0.2, 0.25) is 0 Å². The Morgan fingerprint density at radius 1 is 0.733 bits per heavy atom. The van der Waals surface area contributed by atoms with Gasteiger partial charge < -0.3 is 0 Å². The Morgan fingerprint density at radius 2 is 1.13 bits per heavy atom. The first-order valence-electron chi connectivity index (χ1n) is 3.61. The van der Waals surface area contributed by atoms with E-state index in [0.717, 1.165) is 12.1 Å². The molecule has 0 aromatic heterocycles. The number of alkyl halides is 8. The van der Waals surface area contributed by atoms with E-state index in [1.54, 1.807) is 0 Å². The molecule has 0 bridgehead atoms. The molecule has 0 aliphatic carbocycles. The van der Waals surface area contributed by atoms with Crippen molar-refractivity contribution in [1.29, 1.82) is 0 Å². The molecule has 0 radical (unpaired) electrons. The Balaban J connectivity index is 3.15. The van der Waals surface area contributed by atoms with E-state index >= 15 is 0 Å². The molecule has 0 saturated carbocycles. The van der Waals surface area contributed by atoms with Crippen LogP contribution in [0.25, 0.3) is 0 Å². The van der Waals surface area contributed by atoms with Crippen LogP contribution >= 0.6 is 19.8 Å². The standard InChI is InChI=1S/C8H5F6I/c9-7(10,11)15(8(12,13)14)6-4-2-1-3-5-6/h1-5H. The van der Waals surface area contributed by atoms with Crippen molar-refractivity contribution >= 4 is 19.8 Å². The predicted molar refractivity (Wildman–Crippen MR) is 51.3 cm³/mol. The zero-order valence-electron chi connectivity index (χ0n) is 7.03. The van der Waals surface area contributed by atoms with Crippen LogP contribution in [0.4, 0.5) is 26.3 Å². The molecule has 0 saturated heterocycles. The molecule has 1 rings (SSSR count). The van der Waals surface area contributed by atoms with Gasteiger partial charge in [-0.25, -0.2) is 0 Å². The minimum atomic E-state index is -5.17. The zero-order chi connectivity index (χ0) is 11.7. The third-order valence-electron chi connectivity index (χ3n) is 1.38. The fourth-order valence-electron chi connectivity index (χ4n) is 0.910. The molecular formula is C8H5F6I. The van der Waals surface area contributed by atoms with Crippen molar-refractivity contribution in [1.82, 2.24) is 0 Å². The quantitative estimate of drug-likeness (QED) is 0.403. The van der Waals surface area contributed by atoms with Gasteiger partial charge in [0.05, 0.1) is 0 Å². The third-order valence-corrected chi connectivity index (χ3v) is 5.79. The van der Waals surface area contributed by atoms with Crippen LogP contribution in [-0.4, -0.2) is 8.37 Å². The molecule has 0 atom stereocenters. The Labute approximate surface area is 88.7 Å². The predicted octanol–water partition coefficient (Wildman–Crippen LogP) is 4.40. The van der Waals surface area contributed by atoms with E-state index in [2.05, 4.69) is 0 Å². The van der Waals surface area contributed by atoms with Gasteiger partial charge in [0.2, 0.25) is 0 Å². The first kappa shape index (κ1) is 12.6. The summed E-state index contributed by atoms with van der Waals surface area (Å²) < 4.78 is 62.5. The maximum absolute atomic E-state index is 12.3. The number of halogens is 7. The van der Waals surface area contributed by atoms with Gasteiger partial charge in [0.15, 0.2) is 0 Å². The first-order valence-corrected chi connectivity index (χ1v) is 6.85. The van der Waals surface area contributed by atoms with Gasteiger partial charge in [0.1, 0.15) is 0 Å². The van der Waals surface area contributed by atoms with Crippen LogP contribution < -0.4 is 0 Å². The number of hydrogen-bond donors (Lipinski definition) is 0. The van der Waals surface area contributed by atoms with Crippen molar-refractivity contribution in [2.75, 3.05) is 0 Å². The topological polar surface area (TPSA) is 0 Å². The third kappa shape index (κ3) is 3.25. The number of hydrogen-bond acceptors (Lipinski definition) is 0. The number of rotatable bonds is 1. The second kappa shape index (κ2) is 4.18. The van der Waals surface area contributed by atoms with Crippen molar-refractivity contribution in [3.05, 3.63) is 33.9 Å². The van der Waals surface area contributed by atoms with E-state index in [4.69, 9.17) is 0 Å². The monoisotopic (exact) mass is 342 g/mol. The van der Waals surface area contributed by atoms with E-state index in [1.807, 2.05) is 0 Å². The van der Waals surface area contributed by atoms with Gasteiger partial charge in [-0.15, -0.1) is 0 Å². The van der Waals surface area contributed by atoms with E-state index in [0.29, 0.717) is 0 Å². The molecule has 0 fully saturated rings. The summed E-state index contributed by atoms with van der Waals surface area (Å²) in [4.78, 5) is 0. The molecule has 0 aliphatic heterocycles. The van der Waals surface area contributed by atoms with Crippen molar-refractivity contribution in [3.8, 4) is 0 Å².